The fraction of sp³-hybridized carbons (Fsp3) is 0.828. The Morgan fingerprint density at radius 3 is 1.21 bits per heavy atom. The lowest BCUT2D eigenvalue weighted by Crippen LogP contribution is -2.46. The number of phosphoric acid groups is 1. The van der Waals surface area contributed by atoms with Gasteiger partial charge in [0.05, 0.1) is 39.9 Å². The van der Waals surface area contributed by atoms with E-state index in [9.17, 15) is 19.4 Å². The second-order valence-corrected chi connectivity index (χ2v) is 23.9. The predicted molar refractivity (Wildman–Crippen MR) is 318 cm³/mol. The van der Waals surface area contributed by atoms with Crippen LogP contribution in [0.4, 0.5) is 0 Å². The van der Waals surface area contributed by atoms with Crippen molar-refractivity contribution in [3.63, 3.8) is 0 Å². The Balaban J connectivity index is 3.99. The number of carbonyl (C=O) groups excluding carboxylic acids is 1. The first kappa shape index (κ1) is 71.2. The van der Waals surface area contributed by atoms with Gasteiger partial charge in [0, 0.05) is 6.42 Å². The molecule has 0 saturated heterocycles. The van der Waals surface area contributed by atoms with Gasteiger partial charge in [0.1, 0.15) is 13.2 Å². The van der Waals surface area contributed by atoms with E-state index in [4.69, 9.17) is 9.05 Å². The van der Waals surface area contributed by atoms with E-state index in [1.54, 1.807) is 0 Å². The molecule has 0 heterocycles. The highest BCUT2D eigenvalue weighted by Crippen LogP contribution is 2.43. The number of aliphatic hydroxyl groups excluding tert-OH is 1. The molecule has 9 heteroatoms. The molecule has 0 rings (SSSR count). The Labute approximate surface area is 453 Å². The van der Waals surface area contributed by atoms with Crippen LogP contribution < -0.4 is 5.32 Å². The van der Waals surface area contributed by atoms with E-state index in [0.717, 1.165) is 70.6 Å². The number of nitrogens with one attached hydrogen (secondary N) is 1. The molecule has 3 atom stereocenters. The fourth-order valence-corrected chi connectivity index (χ4v) is 9.93. The third-order valence-electron chi connectivity index (χ3n) is 14.0. The highest BCUT2D eigenvalue weighted by Gasteiger charge is 2.28. The van der Waals surface area contributed by atoms with Gasteiger partial charge < -0.3 is 19.8 Å². The van der Waals surface area contributed by atoms with Gasteiger partial charge in [0.15, 0.2) is 0 Å². The zero-order chi connectivity index (χ0) is 53.5. The number of rotatable bonds is 57. The molecule has 0 aromatic heterocycles. The molecule has 0 radical (unpaired) electrons. The topological polar surface area (TPSA) is 105 Å². The van der Waals surface area contributed by atoms with Crippen molar-refractivity contribution in [2.24, 2.45) is 0 Å². The fourth-order valence-electron chi connectivity index (χ4n) is 9.19. The third kappa shape index (κ3) is 57.7. The van der Waals surface area contributed by atoms with Crippen molar-refractivity contribution >= 4 is 13.7 Å². The van der Waals surface area contributed by atoms with Gasteiger partial charge in [-0.15, -0.1) is 0 Å². The van der Waals surface area contributed by atoms with Gasteiger partial charge in [0.25, 0.3) is 0 Å². The summed E-state index contributed by atoms with van der Waals surface area (Å²) in [6, 6.07) is -0.761. The molecule has 0 spiro atoms. The zero-order valence-corrected chi connectivity index (χ0v) is 49.8. The lowest BCUT2D eigenvalue weighted by atomic mass is 10.0. The average molecular weight is 1050 g/mol. The van der Waals surface area contributed by atoms with Gasteiger partial charge >= 0.3 is 7.82 Å². The maximum atomic E-state index is 13.0. The summed E-state index contributed by atoms with van der Waals surface area (Å²) in [6.45, 7) is 4.80. The van der Waals surface area contributed by atoms with Crippen LogP contribution in [0.5, 0.6) is 0 Å². The van der Waals surface area contributed by atoms with Crippen LogP contribution in [0.15, 0.2) is 60.8 Å². The molecule has 0 aliphatic rings. The normalized spacial score (nSPS) is 14.2. The quantitative estimate of drug-likeness (QED) is 0.0243. The summed E-state index contributed by atoms with van der Waals surface area (Å²) in [4.78, 5) is 23.4. The largest absolute Gasteiger partial charge is 0.472 e. The van der Waals surface area contributed by atoms with Crippen molar-refractivity contribution in [1.82, 2.24) is 5.32 Å². The minimum Gasteiger partial charge on any atom is -0.391 e. The van der Waals surface area contributed by atoms with Crippen LogP contribution in [0.3, 0.4) is 0 Å². The van der Waals surface area contributed by atoms with Crippen molar-refractivity contribution in [2.45, 2.75) is 302 Å². The molecule has 1 amide bonds. The van der Waals surface area contributed by atoms with Crippen LogP contribution >= 0.6 is 7.82 Å². The van der Waals surface area contributed by atoms with E-state index in [-0.39, 0.29) is 19.1 Å². The Bertz CT molecular complexity index is 1370. The van der Waals surface area contributed by atoms with Crippen LogP contribution in [0.2, 0.25) is 0 Å². The van der Waals surface area contributed by atoms with Crippen molar-refractivity contribution in [3.8, 4) is 0 Å². The van der Waals surface area contributed by atoms with Crippen LogP contribution in [-0.4, -0.2) is 73.4 Å². The molecule has 8 nitrogen and oxygen atoms in total. The number of amides is 1. The summed E-state index contributed by atoms with van der Waals surface area (Å²) in [5.41, 5.74) is 0. The van der Waals surface area contributed by atoms with E-state index in [1.165, 1.54) is 193 Å². The summed E-state index contributed by atoms with van der Waals surface area (Å²) in [5, 5.41) is 14.1. The molecule has 428 valence electrons. The molecular formula is C64H122N2O6P+. The lowest BCUT2D eigenvalue weighted by molar-refractivity contribution is -0.870. The van der Waals surface area contributed by atoms with Gasteiger partial charge in [-0.1, -0.05) is 286 Å². The zero-order valence-electron chi connectivity index (χ0n) is 48.9. The van der Waals surface area contributed by atoms with Crippen LogP contribution in [0.25, 0.3) is 0 Å². The summed E-state index contributed by atoms with van der Waals surface area (Å²) in [7, 11) is 1.62. The number of phosphoric ester groups is 1. The number of nitrogens with zero attached hydrogens (tertiary/aromatic N) is 1. The van der Waals surface area contributed by atoms with Crippen molar-refractivity contribution < 1.29 is 32.9 Å². The summed E-state index contributed by atoms with van der Waals surface area (Å²) < 4.78 is 23.8. The molecule has 0 aromatic rings. The maximum absolute atomic E-state index is 13.0. The molecule has 3 unspecified atom stereocenters. The molecule has 0 aromatic carbocycles. The standard InChI is InChI=1S/C64H121N2O6P/c1-6-8-10-12-14-16-18-20-22-24-25-26-27-28-29-30-31-32-33-34-35-36-37-38-39-40-41-42-44-46-48-50-52-54-56-58-64(68)65-62(61-72-73(69,70)71-60-59-66(3,4)5)63(67)57-55-53-51-49-47-45-43-23-21-19-17-15-13-11-9-7-2/h8,10,14,16,20,22,25-26,28-29,62-63,67H,6-7,9,11-13,15,17-19,21,23-24,27,30-61H2,1-5H3,(H-,65,68,69,70)/p+1/b10-8-,16-14-,22-20-,26-25-,29-28-. The number of carbonyl (C=O) groups is 1. The number of aliphatic hydroxyl groups is 1. The minimum absolute atomic E-state index is 0.0753. The summed E-state index contributed by atoms with van der Waals surface area (Å²) >= 11 is 0. The minimum atomic E-state index is -4.32. The predicted octanol–water partition coefficient (Wildman–Crippen LogP) is 19.3. The molecular weight excluding hydrogens is 924 g/mol. The second-order valence-electron chi connectivity index (χ2n) is 22.4. The Morgan fingerprint density at radius 1 is 0.479 bits per heavy atom. The van der Waals surface area contributed by atoms with Crippen LogP contribution in [0, 0.1) is 0 Å². The highest BCUT2D eigenvalue weighted by atomic mass is 31.2. The molecule has 0 fully saturated rings. The van der Waals surface area contributed by atoms with Crippen molar-refractivity contribution in [1.29, 1.82) is 0 Å². The number of likely N-dealkylation sites (N-methyl/N-ethyl adjacent to an activating group) is 1. The number of quaternary nitrogens is 1. The SMILES string of the molecule is CC/C=C\C/C=C\C/C=C\C/C=C\C/C=C\CCCCCCCCCCCCCCCCCCCCCC(=O)NC(COP(=O)(O)OCC[N+](C)(C)C)C(O)CCCCCCCCCCCCCCCCCC. The Kier molecular flexibility index (Phi) is 53.6. The highest BCUT2D eigenvalue weighted by molar-refractivity contribution is 7.47. The number of allylic oxidation sites excluding steroid dienone is 10. The van der Waals surface area contributed by atoms with Gasteiger partial charge in [-0.05, 0) is 57.8 Å². The first-order chi connectivity index (χ1) is 35.5. The van der Waals surface area contributed by atoms with E-state index in [1.807, 2.05) is 21.1 Å². The molecule has 0 aliphatic carbocycles. The van der Waals surface area contributed by atoms with Gasteiger partial charge in [0.2, 0.25) is 5.91 Å². The van der Waals surface area contributed by atoms with Gasteiger partial charge in [-0.25, -0.2) is 4.57 Å². The molecule has 0 saturated carbocycles. The van der Waals surface area contributed by atoms with E-state index >= 15 is 0 Å². The van der Waals surface area contributed by atoms with E-state index < -0.39 is 20.0 Å². The van der Waals surface area contributed by atoms with E-state index in [2.05, 4.69) is 79.9 Å². The Morgan fingerprint density at radius 2 is 0.822 bits per heavy atom. The summed E-state index contributed by atoms with van der Waals surface area (Å²) in [6.07, 6.45) is 74.4. The molecule has 0 bridgehead atoms. The monoisotopic (exact) mass is 1050 g/mol. The van der Waals surface area contributed by atoms with Crippen LogP contribution in [0.1, 0.15) is 290 Å². The Hall–Kier alpha value is -1.80. The molecule has 0 aliphatic heterocycles. The van der Waals surface area contributed by atoms with Gasteiger partial charge in [-0.2, -0.15) is 0 Å². The molecule has 3 N–H and O–H groups in total. The smallest absolute Gasteiger partial charge is 0.391 e. The van der Waals surface area contributed by atoms with Crippen LogP contribution in [-0.2, 0) is 18.4 Å². The first-order valence-corrected chi connectivity index (χ1v) is 32.6. The van der Waals surface area contributed by atoms with Gasteiger partial charge in [-0.3, -0.25) is 13.8 Å². The lowest BCUT2D eigenvalue weighted by Gasteiger charge is -2.26. The average Bonchev–Trinajstić information content (AvgIpc) is 3.35. The number of unbranched alkanes of at least 4 members (excludes halogenated alkanes) is 34. The second kappa shape index (κ2) is 55.0. The number of hydrogen-bond acceptors (Lipinski definition) is 5. The maximum Gasteiger partial charge on any atom is 0.472 e. The van der Waals surface area contributed by atoms with Crippen molar-refractivity contribution in [3.05, 3.63) is 60.8 Å². The first-order valence-electron chi connectivity index (χ1n) is 31.2. The molecule has 73 heavy (non-hydrogen) atoms. The summed E-state index contributed by atoms with van der Waals surface area (Å²) in [5.74, 6) is -0.141. The van der Waals surface area contributed by atoms with E-state index in [0.29, 0.717) is 23.9 Å². The third-order valence-corrected chi connectivity index (χ3v) is 15.0. The van der Waals surface area contributed by atoms with Crippen molar-refractivity contribution in [2.75, 3.05) is 40.9 Å². The number of hydrogen-bond donors (Lipinski definition) is 3.